The van der Waals surface area contributed by atoms with Gasteiger partial charge in [-0.3, -0.25) is 0 Å². The van der Waals surface area contributed by atoms with Crippen LogP contribution in [0.5, 0.6) is 5.75 Å². The summed E-state index contributed by atoms with van der Waals surface area (Å²) in [6.07, 6.45) is 0. The zero-order valence-corrected chi connectivity index (χ0v) is 11.4. The van der Waals surface area contributed by atoms with Crippen molar-refractivity contribution in [2.75, 3.05) is 18.5 Å². The molecule has 0 spiro atoms. The lowest BCUT2D eigenvalue weighted by Gasteiger charge is -2.10. The molecule has 100 valence electrons. The highest BCUT2D eigenvalue weighted by molar-refractivity contribution is 6.30. The van der Waals surface area contributed by atoms with E-state index in [1.807, 2.05) is 24.3 Å². The molecule has 2 nitrogen and oxygen atoms in total. The number of aryl methyl sites for hydroxylation is 1. The molecule has 19 heavy (non-hydrogen) atoms. The Morgan fingerprint density at radius 3 is 2.79 bits per heavy atom. The summed E-state index contributed by atoms with van der Waals surface area (Å²) in [5.41, 5.74) is 1.50. The van der Waals surface area contributed by atoms with E-state index in [0.717, 1.165) is 5.69 Å². The quantitative estimate of drug-likeness (QED) is 0.825. The van der Waals surface area contributed by atoms with Crippen molar-refractivity contribution < 1.29 is 9.13 Å². The Morgan fingerprint density at radius 2 is 2.00 bits per heavy atom. The average molecular weight is 280 g/mol. The molecule has 0 aliphatic heterocycles. The monoisotopic (exact) mass is 279 g/mol. The van der Waals surface area contributed by atoms with Gasteiger partial charge in [0.2, 0.25) is 0 Å². The zero-order chi connectivity index (χ0) is 13.7. The molecule has 0 bridgehead atoms. The molecule has 2 aromatic carbocycles. The van der Waals surface area contributed by atoms with Crippen molar-refractivity contribution in [1.82, 2.24) is 0 Å². The number of rotatable bonds is 5. The molecule has 0 saturated heterocycles. The van der Waals surface area contributed by atoms with Gasteiger partial charge in [-0.05, 0) is 36.8 Å². The fourth-order valence-corrected chi connectivity index (χ4v) is 1.88. The third-order valence-corrected chi connectivity index (χ3v) is 2.90. The lowest BCUT2D eigenvalue weighted by molar-refractivity contribution is 0.314. The molecule has 0 amide bonds. The van der Waals surface area contributed by atoms with Crippen molar-refractivity contribution in [2.45, 2.75) is 6.92 Å². The van der Waals surface area contributed by atoms with Gasteiger partial charge in [-0.2, -0.15) is 0 Å². The van der Waals surface area contributed by atoms with Crippen LogP contribution in [-0.4, -0.2) is 13.2 Å². The Kier molecular flexibility index (Phi) is 4.63. The Morgan fingerprint density at radius 1 is 1.21 bits per heavy atom. The minimum atomic E-state index is -0.301. The second kappa shape index (κ2) is 6.43. The van der Waals surface area contributed by atoms with E-state index in [4.69, 9.17) is 16.3 Å². The van der Waals surface area contributed by atoms with Gasteiger partial charge in [-0.25, -0.2) is 4.39 Å². The van der Waals surface area contributed by atoms with Crippen molar-refractivity contribution in [3.63, 3.8) is 0 Å². The highest BCUT2D eigenvalue weighted by Gasteiger charge is 2.04. The highest BCUT2D eigenvalue weighted by atomic mass is 35.5. The van der Waals surface area contributed by atoms with Gasteiger partial charge in [0.25, 0.3) is 0 Å². The molecule has 2 rings (SSSR count). The summed E-state index contributed by atoms with van der Waals surface area (Å²) < 4.78 is 19.0. The molecule has 0 aliphatic rings. The smallest absolute Gasteiger partial charge is 0.167 e. The van der Waals surface area contributed by atoms with Crippen LogP contribution in [0.4, 0.5) is 10.1 Å². The molecule has 2 aromatic rings. The number of hydrogen-bond acceptors (Lipinski definition) is 2. The van der Waals surface area contributed by atoms with Crippen LogP contribution in [0.15, 0.2) is 42.5 Å². The Bertz CT molecular complexity index is 560. The molecular weight excluding hydrogens is 265 g/mol. The molecule has 0 saturated carbocycles. The fraction of sp³-hybridized carbons (Fsp3) is 0.200. The van der Waals surface area contributed by atoms with Crippen molar-refractivity contribution in [3.05, 3.63) is 58.9 Å². The minimum Gasteiger partial charge on any atom is -0.489 e. The number of anilines is 1. The first-order valence-electron chi connectivity index (χ1n) is 6.04. The van der Waals surface area contributed by atoms with Crippen molar-refractivity contribution >= 4 is 17.3 Å². The summed E-state index contributed by atoms with van der Waals surface area (Å²) in [6, 6.07) is 12.5. The lowest BCUT2D eigenvalue weighted by Crippen LogP contribution is -2.12. The van der Waals surface area contributed by atoms with Crippen LogP contribution in [-0.2, 0) is 0 Å². The first-order valence-corrected chi connectivity index (χ1v) is 6.42. The predicted octanol–water partition coefficient (Wildman–Crippen LogP) is 4.28. The number of hydrogen-bond donors (Lipinski definition) is 1. The summed E-state index contributed by atoms with van der Waals surface area (Å²) in [5, 5.41) is 3.83. The van der Waals surface area contributed by atoms with Crippen molar-refractivity contribution in [2.24, 2.45) is 0 Å². The zero-order valence-electron chi connectivity index (χ0n) is 10.6. The van der Waals surface area contributed by atoms with Crippen LogP contribution in [0.2, 0.25) is 5.02 Å². The molecule has 0 aliphatic carbocycles. The number of ether oxygens (including phenoxy) is 1. The molecule has 0 unspecified atom stereocenters. The van der Waals surface area contributed by atoms with Gasteiger partial charge in [0.15, 0.2) is 11.6 Å². The van der Waals surface area contributed by atoms with Crippen LogP contribution in [0.25, 0.3) is 0 Å². The third-order valence-electron chi connectivity index (χ3n) is 2.67. The second-order valence-corrected chi connectivity index (χ2v) is 4.61. The third kappa shape index (κ3) is 3.86. The van der Waals surface area contributed by atoms with E-state index in [9.17, 15) is 4.39 Å². The molecule has 4 heteroatoms. The van der Waals surface area contributed by atoms with Crippen LogP contribution in [0.1, 0.15) is 5.56 Å². The van der Waals surface area contributed by atoms with Gasteiger partial charge in [0.05, 0.1) is 0 Å². The normalized spacial score (nSPS) is 10.3. The molecule has 0 heterocycles. The van der Waals surface area contributed by atoms with Gasteiger partial charge in [-0.1, -0.05) is 29.8 Å². The van der Waals surface area contributed by atoms with Gasteiger partial charge in [0, 0.05) is 17.3 Å². The van der Waals surface area contributed by atoms with Crippen LogP contribution < -0.4 is 10.1 Å². The van der Waals surface area contributed by atoms with Crippen LogP contribution in [0, 0.1) is 12.7 Å². The maximum absolute atomic E-state index is 13.6. The van der Waals surface area contributed by atoms with Crippen molar-refractivity contribution in [1.29, 1.82) is 0 Å². The first-order chi connectivity index (χ1) is 9.16. The number of benzene rings is 2. The van der Waals surface area contributed by atoms with E-state index >= 15 is 0 Å². The van der Waals surface area contributed by atoms with Gasteiger partial charge in [0.1, 0.15) is 6.61 Å². The summed E-state index contributed by atoms with van der Waals surface area (Å²) in [4.78, 5) is 0. The maximum Gasteiger partial charge on any atom is 0.167 e. The largest absolute Gasteiger partial charge is 0.489 e. The van der Waals surface area contributed by atoms with Gasteiger partial charge < -0.3 is 10.1 Å². The standard InChI is InChI=1S/C15H15ClFNO/c1-11-4-2-7-14(15(11)17)19-9-8-18-13-6-3-5-12(16)10-13/h2-7,10,18H,8-9H2,1H3. The lowest BCUT2D eigenvalue weighted by atomic mass is 10.2. The SMILES string of the molecule is Cc1cccc(OCCNc2cccc(Cl)c2)c1F. The van der Waals surface area contributed by atoms with Crippen molar-refractivity contribution in [3.8, 4) is 5.75 Å². The predicted molar refractivity (Wildman–Crippen MR) is 76.6 cm³/mol. The van der Waals surface area contributed by atoms with E-state index in [0.29, 0.717) is 23.7 Å². The molecule has 0 atom stereocenters. The number of nitrogens with one attached hydrogen (secondary N) is 1. The molecule has 1 N–H and O–H groups in total. The molecule has 0 aromatic heterocycles. The highest BCUT2D eigenvalue weighted by Crippen LogP contribution is 2.19. The van der Waals surface area contributed by atoms with E-state index in [-0.39, 0.29) is 11.6 Å². The van der Waals surface area contributed by atoms with E-state index in [2.05, 4.69) is 5.32 Å². The van der Waals surface area contributed by atoms with E-state index < -0.39 is 0 Å². The van der Waals surface area contributed by atoms with E-state index in [1.165, 1.54) is 0 Å². The van der Waals surface area contributed by atoms with Crippen LogP contribution in [0.3, 0.4) is 0 Å². The summed E-state index contributed by atoms with van der Waals surface area (Å²) in [5.74, 6) is -0.0156. The molecule has 0 fully saturated rings. The average Bonchev–Trinajstić information content (AvgIpc) is 2.39. The van der Waals surface area contributed by atoms with E-state index in [1.54, 1.807) is 25.1 Å². The summed E-state index contributed by atoms with van der Waals surface area (Å²) in [7, 11) is 0. The molecular formula is C15H15ClFNO. The second-order valence-electron chi connectivity index (χ2n) is 4.17. The maximum atomic E-state index is 13.6. The fourth-order valence-electron chi connectivity index (χ4n) is 1.69. The topological polar surface area (TPSA) is 21.3 Å². The Balaban J connectivity index is 1.82. The number of halogens is 2. The summed E-state index contributed by atoms with van der Waals surface area (Å²) in [6.45, 7) is 2.67. The molecule has 0 radical (unpaired) electrons. The Labute approximate surface area is 117 Å². The van der Waals surface area contributed by atoms with Gasteiger partial charge in [-0.15, -0.1) is 0 Å². The van der Waals surface area contributed by atoms with Gasteiger partial charge >= 0.3 is 0 Å². The summed E-state index contributed by atoms with van der Waals surface area (Å²) >= 11 is 5.87. The van der Waals surface area contributed by atoms with Crippen LogP contribution >= 0.6 is 11.6 Å². The Hall–Kier alpha value is -1.74. The first kappa shape index (κ1) is 13.7. The minimum absolute atomic E-state index is 0.285.